The predicted molar refractivity (Wildman–Crippen MR) is 76.0 cm³/mol. The molecule has 0 aliphatic heterocycles. The minimum absolute atomic E-state index is 0.290. The Labute approximate surface area is 114 Å². The molecule has 2 heterocycles. The normalized spacial score (nSPS) is 11.6. The molecular weight excluding hydrogens is 240 g/mol. The van der Waals surface area contributed by atoms with Gasteiger partial charge in [-0.2, -0.15) is 5.10 Å². The van der Waals surface area contributed by atoms with E-state index < -0.39 is 0 Å². The minimum atomic E-state index is 0.290. The molecule has 0 atom stereocenters. The summed E-state index contributed by atoms with van der Waals surface area (Å²) in [4.78, 5) is 4.46. The zero-order valence-electron chi connectivity index (χ0n) is 12.1. The third-order valence-electron chi connectivity index (χ3n) is 2.98. The Hall–Kier alpha value is -1.46. The number of nitrogens with zero attached hydrogens (tertiary/aromatic N) is 3. The van der Waals surface area contributed by atoms with Gasteiger partial charge in [0.2, 0.25) is 0 Å². The first-order chi connectivity index (χ1) is 9.08. The Morgan fingerprint density at radius 1 is 1.42 bits per heavy atom. The van der Waals surface area contributed by atoms with Crippen LogP contribution in [0.25, 0.3) is 11.0 Å². The topological polar surface area (TPSA) is 52.0 Å². The van der Waals surface area contributed by atoms with Crippen LogP contribution in [0.5, 0.6) is 0 Å². The van der Waals surface area contributed by atoms with Crippen molar-refractivity contribution in [1.29, 1.82) is 0 Å². The highest BCUT2D eigenvalue weighted by atomic mass is 16.5. The Bertz CT molecular complexity index is 548. The van der Waals surface area contributed by atoms with Crippen molar-refractivity contribution >= 4 is 11.0 Å². The van der Waals surface area contributed by atoms with Crippen molar-refractivity contribution in [2.24, 2.45) is 7.05 Å². The van der Waals surface area contributed by atoms with Gasteiger partial charge in [-0.25, -0.2) is 4.98 Å². The molecule has 2 rings (SSSR count). The summed E-state index contributed by atoms with van der Waals surface area (Å²) in [6, 6.07) is 2.15. The number of nitrogens with one attached hydrogen (secondary N) is 1. The zero-order chi connectivity index (χ0) is 13.8. The van der Waals surface area contributed by atoms with Crippen molar-refractivity contribution in [1.82, 2.24) is 20.1 Å². The third kappa shape index (κ3) is 3.52. The number of aryl methyl sites for hydroxylation is 2. The van der Waals surface area contributed by atoms with Gasteiger partial charge in [0.1, 0.15) is 0 Å². The van der Waals surface area contributed by atoms with E-state index in [4.69, 9.17) is 4.74 Å². The average molecular weight is 262 g/mol. The van der Waals surface area contributed by atoms with Gasteiger partial charge in [-0.1, -0.05) is 0 Å². The Morgan fingerprint density at radius 3 is 2.95 bits per heavy atom. The monoisotopic (exact) mass is 262 g/mol. The van der Waals surface area contributed by atoms with Crippen molar-refractivity contribution in [3.8, 4) is 0 Å². The summed E-state index contributed by atoms with van der Waals surface area (Å²) in [5.41, 5.74) is 3.13. The summed E-state index contributed by atoms with van der Waals surface area (Å²) in [7, 11) is 1.92. The first-order valence-corrected chi connectivity index (χ1v) is 6.68. The van der Waals surface area contributed by atoms with E-state index in [2.05, 4.69) is 21.5 Å². The standard InChI is InChI=1S/C14H22N4O/c1-10(2)19-6-5-15-8-12-7-13-11(3)17-18(4)14(13)16-9-12/h7,9-10,15H,5-6,8H2,1-4H3. The molecule has 0 bridgehead atoms. The molecule has 0 aliphatic carbocycles. The van der Waals surface area contributed by atoms with Crippen LogP contribution in [-0.4, -0.2) is 34.0 Å². The van der Waals surface area contributed by atoms with Crippen LogP contribution < -0.4 is 5.32 Å². The Balaban J connectivity index is 1.92. The maximum absolute atomic E-state index is 5.48. The Morgan fingerprint density at radius 2 is 2.21 bits per heavy atom. The van der Waals surface area contributed by atoms with Crippen molar-refractivity contribution < 1.29 is 4.74 Å². The molecule has 19 heavy (non-hydrogen) atoms. The molecule has 0 saturated heterocycles. The molecule has 0 radical (unpaired) electrons. The van der Waals surface area contributed by atoms with Crippen molar-refractivity contribution in [3.63, 3.8) is 0 Å². The fourth-order valence-electron chi connectivity index (χ4n) is 2.05. The summed E-state index contributed by atoms with van der Waals surface area (Å²) < 4.78 is 7.30. The summed E-state index contributed by atoms with van der Waals surface area (Å²) in [6.45, 7) is 8.49. The lowest BCUT2D eigenvalue weighted by Gasteiger charge is -2.08. The zero-order valence-corrected chi connectivity index (χ0v) is 12.1. The minimum Gasteiger partial charge on any atom is -0.377 e. The first-order valence-electron chi connectivity index (χ1n) is 6.68. The lowest BCUT2D eigenvalue weighted by atomic mass is 10.2. The van der Waals surface area contributed by atoms with Crippen LogP contribution in [0.15, 0.2) is 12.3 Å². The van der Waals surface area contributed by atoms with Crippen LogP contribution in [-0.2, 0) is 18.3 Å². The van der Waals surface area contributed by atoms with Gasteiger partial charge in [0.25, 0.3) is 0 Å². The van der Waals surface area contributed by atoms with Gasteiger partial charge in [0, 0.05) is 31.7 Å². The maximum Gasteiger partial charge on any atom is 0.157 e. The van der Waals surface area contributed by atoms with Crippen LogP contribution >= 0.6 is 0 Å². The second-order valence-corrected chi connectivity index (χ2v) is 5.02. The molecule has 2 aromatic rings. The molecule has 0 aromatic carbocycles. The van der Waals surface area contributed by atoms with Crippen LogP contribution in [0.1, 0.15) is 25.1 Å². The van der Waals surface area contributed by atoms with Crippen LogP contribution in [0.2, 0.25) is 0 Å². The van der Waals surface area contributed by atoms with E-state index in [1.54, 1.807) is 0 Å². The molecule has 5 nitrogen and oxygen atoms in total. The summed E-state index contributed by atoms with van der Waals surface area (Å²) in [6.07, 6.45) is 2.19. The molecule has 0 amide bonds. The molecule has 0 unspecified atom stereocenters. The molecule has 0 spiro atoms. The highest BCUT2D eigenvalue weighted by Gasteiger charge is 2.06. The second kappa shape index (κ2) is 6.12. The third-order valence-corrected chi connectivity index (χ3v) is 2.98. The number of ether oxygens (including phenoxy) is 1. The van der Waals surface area contributed by atoms with Crippen LogP contribution in [0.4, 0.5) is 0 Å². The first kappa shape index (κ1) is 14.0. The maximum atomic E-state index is 5.48. The summed E-state index contributed by atoms with van der Waals surface area (Å²) in [5.74, 6) is 0. The van der Waals surface area contributed by atoms with Gasteiger partial charge in [0.05, 0.1) is 18.4 Å². The van der Waals surface area contributed by atoms with Crippen molar-refractivity contribution in [2.45, 2.75) is 33.4 Å². The smallest absolute Gasteiger partial charge is 0.157 e. The number of fused-ring (bicyclic) bond motifs is 1. The Kier molecular flexibility index (Phi) is 4.50. The number of hydrogen-bond acceptors (Lipinski definition) is 4. The SMILES string of the molecule is Cc1nn(C)c2ncc(CNCCOC(C)C)cc12. The number of hydrogen-bond donors (Lipinski definition) is 1. The van der Waals surface area contributed by atoms with E-state index in [-0.39, 0.29) is 6.10 Å². The fraction of sp³-hybridized carbons (Fsp3) is 0.571. The van der Waals surface area contributed by atoms with Crippen LogP contribution in [0, 0.1) is 6.92 Å². The molecular formula is C14H22N4O. The van der Waals surface area contributed by atoms with Gasteiger partial charge in [-0.15, -0.1) is 0 Å². The lowest BCUT2D eigenvalue weighted by Crippen LogP contribution is -2.21. The van der Waals surface area contributed by atoms with Gasteiger partial charge in [0.15, 0.2) is 5.65 Å². The van der Waals surface area contributed by atoms with Crippen molar-refractivity contribution in [3.05, 3.63) is 23.5 Å². The van der Waals surface area contributed by atoms with E-state index in [9.17, 15) is 0 Å². The van der Waals surface area contributed by atoms with Crippen molar-refractivity contribution in [2.75, 3.05) is 13.2 Å². The molecule has 5 heteroatoms. The lowest BCUT2D eigenvalue weighted by molar-refractivity contribution is 0.0807. The molecule has 0 aliphatic rings. The summed E-state index contributed by atoms with van der Waals surface area (Å²) >= 11 is 0. The highest BCUT2D eigenvalue weighted by molar-refractivity contribution is 5.78. The number of rotatable bonds is 6. The van der Waals surface area contributed by atoms with E-state index in [0.717, 1.165) is 36.4 Å². The molecule has 1 N–H and O–H groups in total. The second-order valence-electron chi connectivity index (χ2n) is 5.02. The van der Waals surface area contributed by atoms with E-state index in [0.29, 0.717) is 0 Å². The molecule has 0 saturated carbocycles. The van der Waals surface area contributed by atoms with Gasteiger partial charge in [-0.3, -0.25) is 4.68 Å². The van der Waals surface area contributed by atoms with E-state index in [1.165, 1.54) is 5.56 Å². The molecule has 2 aromatic heterocycles. The summed E-state index contributed by atoms with van der Waals surface area (Å²) in [5, 5.41) is 8.86. The number of pyridine rings is 1. The average Bonchev–Trinajstić information content (AvgIpc) is 2.64. The number of aromatic nitrogens is 3. The van der Waals surface area contributed by atoms with E-state index >= 15 is 0 Å². The fourth-order valence-corrected chi connectivity index (χ4v) is 2.05. The quantitative estimate of drug-likeness (QED) is 0.806. The van der Waals surface area contributed by atoms with Gasteiger partial charge >= 0.3 is 0 Å². The van der Waals surface area contributed by atoms with Crippen LogP contribution in [0.3, 0.4) is 0 Å². The largest absolute Gasteiger partial charge is 0.377 e. The predicted octanol–water partition coefficient (Wildman–Crippen LogP) is 1.79. The molecule has 104 valence electrons. The van der Waals surface area contributed by atoms with Gasteiger partial charge in [-0.05, 0) is 32.4 Å². The molecule has 0 fully saturated rings. The highest BCUT2D eigenvalue weighted by Crippen LogP contribution is 2.16. The van der Waals surface area contributed by atoms with Gasteiger partial charge < -0.3 is 10.1 Å². The van der Waals surface area contributed by atoms with E-state index in [1.807, 2.05) is 38.7 Å².